The smallest absolute Gasteiger partial charge is 0.269 e. The molecule has 0 fully saturated rings. The maximum absolute atomic E-state index is 11.3. The number of non-ortho nitro benzene ring substituents is 1. The molecule has 9 heteroatoms. The van der Waals surface area contributed by atoms with Crippen molar-refractivity contribution < 1.29 is 19.9 Å². The van der Waals surface area contributed by atoms with E-state index in [1.165, 1.54) is 49.9 Å². The number of alkyl halides is 2. The summed E-state index contributed by atoms with van der Waals surface area (Å²) in [6.45, 7) is 5.29. The van der Waals surface area contributed by atoms with E-state index in [1.807, 2.05) is 6.08 Å². The van der Waals surface area contributed by atoms with Gasteiger partial charge in [0.05, 0.1) is 17.6 Å². The van der Waals surface area contributed by atoms with Crippen molar-refractivity contribution in [3.63, 3.8) is 0 Å². The molecule has 1 rings (SSSR count). The Kier molecular flexibility index (Phi) is 13.5. The monoisotopic (exact) mass is 420 g/mol. The van der Waals surface area contributed by atoms with E-state index in [1.54, 1.807) is 0 Å². The van der Waals surface area contributed by atoms with Crippen LogP contribution in [0.25, 0.3) is 0 Å². The van der Waals surface area contributed by atoms with E-state index in [0.717, 1.165) is 0 Å². The minimum absolute atomic E-state index is 0.132. The maximum atomic E-state index is 11.3. The number of rotatable bonds is 10. The first-order valence-corrected chi connectivity index (χ1v) is 9.38. The zero-order chi connectivity index (χ0) is 20.8. The molecule has 0 aliphatic heterocycles. The van der Waals surface area contributed by atoms with E-state index < -0.39 is 34.4 Å². The van der Waals surface area contributed by atoms with Crippen molar-refractivity contribution in [1.29, 1.82) is 0 Å². The van der Waals surface area contributed by atoms with Gasteiger partial charge in [-0.3, -0.25) is 14.9 Å². The van der Waals surface area contributed by atoms with Crippen LogP contribution < -0.4 is 5.32 Å². The number of benzene rings is 1. The van der Waals surface area contributed by atoms with Crippen molar-refractivity contribution >= 4 is 34.8 Å². The standard InChI is InChI=1S/C11H12Cl2N2O5.C7H14/c12-10(13)11(18)14-8(5-16)9(17)6-1-3-7(4-2-6)15(19)20;1-3-5-7-6-4-2/h1-4,8-10,16-17H,5H2,(H,14,18);3H,1,4-7H2,2H3/t8-,9-;/m1./s1. The number of nitro groups is 1. The van der Waals surface area contributed by atoms with Crippen LogP contribution in [-0.4, -0.2) is 38.5 Å². The number of amides is 1. The van der Waals surface area contributed by atoms with Crippen LogP contribution in [-0.2, 0) is 4.79 Å². The quantitative estimate of drug-likeness (QED) is 0.175. The van der Waals surface area contributed by atoms with Crippen LogP contribution in [0.5, 0.6) is 0 Å². The van der Waals surface area contributed by atoms with Crippen LogP contribution in [0, 0.1) is 10.1 Å². The number of allylic oxidation sites excluding steroid dienone is 1. The van der Waals surface area contributed by atoms with E-state index in [9.17, 15) is 20.0 Å². The molecular weight excluding hydrogens is 395 g/mol. The van der Waals surface area contributed by atoms with E-state index in [2.05, 4.69) is 18.8 Å². The van der Waals surface area contributed by atoms with Crippen molar-refractivity contribution in [3.05, 3.63) is 52.6 Å². The number of carbonyl (C=O) groups is 1. The molecule has 2 atom stereocenters. The Balaban J connectivity index is 0.000000821. The number of carbonyl (C=O) groups excluding carboxylic acids is 1. The van der Waals surface area contributed by atoms with Crippen molar-refractivity contribution in [2.45, 2.75) is 49.6 Å². The van der Waals surface area contributed by atoms with Gasteiger partial charge >= 0.3 is 0 Å². The molecule has 0 saturated heterocycles. The molecule has 152 valence electrons. The summed E-state index contributed by atoms with van der Waals surface area (Å²) in [5, 5.41) is 31.9. The molecule has 0 aliphatic carbocycles. The Morgan fingerprint density at radius 1 is 1.33 bits per heavy atom. The third-order valence-corrected chi connectivity index (χ3v) is 3.96. The topological polar surface area (TPSA) is 113 Å². The Labute approximate surface area is 169 Å². The van der Waals surface area contributed by atoms with Gasteiger partial charge in [0.2, 0.25) is 0 Å². The van der Waals surface area contributed by atoms with E-state index >= 15 is 0 Å². The van der Waals surface area contributed by atoms with Crippen LogP contribution in [0.15, 0.2) is 36.9 Å². The lowest BCUT2D eigenvalue weighted by atomic mass is 10.0. The Morgan fingerprint density at radius 2 is 1.93 bits per heavy atom. The fourth-order valence-corrected chi connectivity index (χ4v) is 2.16. The third kappa shape index (κ3) is 10.3. The molecule has 0 radical (unpaired) electrons. The average molecular weight is 421 g/mol. The summed E-state index contributed by atoms with van der Waals surface area (Å²) in [6, 6.07) is 4.05. The first-order chi connectivity index (χ1) is 12.8. The van der Waals surface area contributed by atoms with Crippen molar-refractivity contribution in [3.8, 4) is 0 Å². The molecule has 1 amide bonds. The predicted molar refractivity (Wildman–Crippen MR) is 107 cm³/mol. The second-order valence-electron chi connectivity index (χ2n) is 5.68. The average Bonchev–Trinajstić information content (AvgIpc) is 2.66. The zero-order valence-corrected chi connectivity index (χ0v) is 16.7. The summed E-state index contributed by atoms with van der Waals surface area (Å²) >= 11 is 10.7. The van der Waals surface area contributed by atoms with Gasteiger partial charge in [0.1, 0.15) is 6.10 Å². The molecule has 0 saturated carbocycles. The second-order valence-corrected chi connectivity index (χ2v) is 6.77. The number of halogens is 2. The fourth-order valence-electron chi connectivity index (χ4n) is 2.03. The molecule has 7 nitrogen and oxygen atoms in total. The SMILES string of the molecule is C=CCCCCC.O=C(N[C@H](CO)[C@H](O)c1ccc([N+](=O)[O-])cc1)C(Cl)Cl. The number of nitrogens with zero attached hydrogens (tertiary/aromatic N) is 1. The van der Waals surface area contributed by atoms with Gasteiger partial charge in [-0.1, -0.05) is 49.0 Å². The summed E-state index contributed by atoms with van der Waals surface area (Å²) in [6.07, 6.45) is 5.90. The van der Waals surface area contributed by atoms with Gasteiger partial charge in [-0.15, -0.1) is 6.58 Å². The molecule has 1 aromatic carbocycles. The van der Waals surface area contributed by atoms with E-state index in [-0.39, 0.29) is 5.69 Å². The first kappa shape index (κ1) is 25.3. The molecule has 0 unspecified atom stereocenters. The summed E-state index contributed by atoms with van der Waals surface area (Å²) in [7, 11) is 0. The Hall–Kier alpha value is -1.67. The molecular formula is C18H26Cl2N2O5. The van der Waals surface area contributed by atoms with E-state index in [0.29, 0.717) is 5.56 Å². The molecule has 0 spiro atoms. The highest BCUT2D eigenvalue weighted by molar-refractivity contribution is 6.53. The van der Waals surface area contributed by atoms with Gasteiger partial charge in [0.25, 0.3) is 11.6 Å². The third-order valence-electron chi connectivity index (χ3n) is 3.56. The normalized spacial score (nSPS) is 12.5. The lowest BCUT2D eigenvalue weighted by molar-refractivity contribution is -0.384. The van der Waals surface area contributed by atoms with Gasteiger partial charge in [-0.05, 0) is 30.5 Å². The minimum atomic E-state index is -1.33. The number of hydrogen-bond acceptors (Lipinski definition) is 5. The highest BCUT2D eigenvalue weighted by Crippen LogP contribution is 2.20. The number of aliphatic hydroxyl groups excluding tert-OH is 2. The van der Waals surface area contributed by atoms with Crippen LogP contribution in [0.3, 0.4) is 0 Å². The van der Waals surface area contributed by atoms with Crippen molar-refractivity contribution in [2.24, 2.45) is 0 Å². The van der Waals surface area contributed by atoms with E-state index in [4.69, 9.17) is 28.3 Å². The summed E-state index contributed by atoms with van der Waals surface area (Å²) < 4.78 is 0. The molecule has 0 aromatic heterocycles. The molecule has 0 aliphatic rings. The van der Waals surface area contributed by atoms with Gasteiger partial charge < -0.3 is 15.5 Å². The number of nitro benzene ring substituents is 1. The Bertz CT molecular complexity index is 582. The van der Waals surface area contributed by atoms with Gasteiger partial charge in [-0.2, -0.15) is 0 Å². The number of nitrogens with one attached hydrogen (secondary N) is 1. The first-order valence-electron chi connectivity index (χ1n) is 8.51. The molecule has 0 heterocycles. The number of hydrogen-bond donors (Lipinski definition) is 3. The molecule has 1 aromatic rings. The highest BCUT2D eigenvalue weighted by Gasteiger charge is 2.24. The van der Waals surface area contributed by atoms with Crippen molar-refractivity contribution in [2.75, 3.05) is 6.61 Å². The summed E-state index contributed by atoms with van der Waals surface area (Å²) in [5.74, 6) is -0.756. The highest BCUT2D eigenvalue weighted by atomic mass is 35.5. The Morgan fingerprint density at radius 3 is 2.33 bits per heavy atom. The molecule has 3 N–H and O–H groups in total. The molecule has 0 bridgehead atoms. The zero-order valence-electron chi connectivity index (χ0n) is 15.2. The predicted octanol–water partition coefficient (Wildman–Crippen LogP) is 3.66. The number of aliphatic hydroxyl groups is 2. The van der Waals surface area contributed by atoms with Crippen LogP contribution >= 0.6 is 23.2 Å². The second kappa shape index (κ2) is 14.4. The lowest BCUT2D eigenvalue weighted by Gasteiger charge is -2.22. The minimum Gasteiger partial charge on any atom is -0.394 e. The molecule has 27 heavy (non-hydrogen) atoms. The van der Waals surface area contributed by atoms with Crippen LogP contribution in [0.2, 0.25) is 0 Å². The van der Waals surface area contributed by atoms with Gasteiger partial charge in [-0.25, -0.2) is 0 Å². The van der Waals surface area contributed by atoms with Crippen molar-refractivity contribution in [1.82, 2.24) is 5.32 Å². The fraction of sp³-hybridized carbons (Fsp3) is 0.500. The lowest BCUT2D eigenvalue weighted by Crippen LogP contribution is -2.44. The van der Waals surface area contributed by atoms with Gasteiger partial charge in [0.15, 0.2) is 4.84 Å². The maximum Gasteiger partial charge on any atom is 0.269 e. The summed E-state index contributed by atoms with van der Waals surface area (Å²) in [4.78, 5) is 19.9. The van der Waals surface area contributed by atoms with Crippen LogP contribution in [0.1, 0.15) is 44.3 Å². The number of unbranched alkanes of at least 4 members (excludes halogenated alkanes) is 3. The summed E-state index contributed by atoms with van der Waals surface area (Å²) in [5.41, 5.74) is 0.169. The largest absolute Gasteiger partial charge is 0.394 e. The van der Waals surface area contributed by atoms with Gasteiger partial charge in [0, 0.05) is 12.1 Å². The van der Waals surface area contributed by atoms with Crippen LogP contribution in [0.4, 0.5) is 5.69 Å².